The van der Waals surface area contributed by atoms with E-state index >= 15 is 0 Å². The predicted molar refractivity (Wildman–Crippen MR) is 133 cm³/mol. The average Bonchev–Trinajstić information content (AvgIpc) is 3.03. The lowest BCUT2D eigenvalue weighted by Gasteiger charge is -2.44. The summed E-state index contributed by atoms with van der Waals surface area (Å²) >= 11 is 0. The normalized spacial score (nSPS) is 34.6. The van der Waals surface area contributed by atoms with Crippen LogP contribution in [0.3, 0.4) is 0 Å². The Morgan fingerprint density at radius 2 is 1.97 bits per heavy atom. The van der Waals surface area contributed by atoms with Crippen LogP contribution >= 0.6 is 0 Å². The Morgan fingerprint density at radius 3 is 2.64 bits per heavy atom. The Morgan fingerprint density at radius 1 is 1.24 bits per heavy atom. The van der Waals surface area contributed by atoms with E-state index in [0.717, 1.165) is 36.3 Å². The number of fused-ring (bicyclic) bond motifs is 1. The predicted octanol–water partition coefficient (Wildman–Crippen LogP) is 6.56. The topological polar surface area (TPSA) is 83.8 Å². The fourth-order valence-corrected chi connectivity index (χ4v) is 7.42. The van der Waals surface area contributed by atoms with Crippen molar-refractivity contribution in [2.24, 2.45) is 23.2 Å². The molecule has 3 fully saturated rings. The zero-order valence-corrected chi connectivity index (χ0v) is 21.8. The van der Waals surface area contributed by atoms with E-state index in [9.17, 15) is 13.5 Å². The molecule has 5 atom stereocenters. The quantitative estimate of drug-likeness (QED) is 0.384. The van der Waals surface area contributed by atoms with E-state index in [1.165, 1.54) is 37.7 Å². The van der Waals surface area contributed by atoms with E-state index in [0.29, 0.717) is 36.5 Å². The summed E-state index contributed by atoms with van der Waals surface area (Å²) in [5, 5.41) is 10.1. The van der Waals surface area contributed by atoms with Crippen LogP contribution in [0.15, 0.2) is 35.5 Å². The molecule has 0 unspecified atom stereocenters. The highest BCUT2D eigenvalue weighted by atomic mass is 32.3. The largest absolute Gasteiger partial charge is 0.397 e. The fraction of sp³-hybridized carbons (Fsp3) is 0.778. The Bertz CT molecular complexity index is 879. The smallest absolute Gasteiger partial charge is 0.390 e. The van der Waals surface area contributed by atoms with E-state index in [-0.39, 0.29) is 0 Å². The van der Waals surface area contributed by atoms with Gasteiger partial charge in [0.25, 0.3) is 0 Å². The van der Waals surface area contributed by atoms with Crippen molar-refractivity contribution in [3.05, 3.63) is 35.5 Å². The lowest BCUT2D eigenvalue weighted by Crippen LogP contribution is -2.36. The number of aliphatic hydroxyl groups is 1. The van der Waals surface area contributed by atoms with Gasteiger partial charge in [-0.1, -0.05) is 56.6 Å². The molecule has 5 nitrogen and oxygen atoms in total. The SMILES string of the molecule is C=C1CC[C@H](OS(=O)(=O)O)C/C1=C\C=C1\CCC[C@]2(C)[C@@H]([C@H](C)CCCC(C)(C)O)CC[C@@H]12. The molecule has 0 aliphatic heterocycles. The van der Waals surface area contributed by atoms with E-state index < -0.39 is 22.1 Å². The van der Waals surface area contributed by atoms with Crippen LogP contribution in [-0.4, -0.2) is 29.8 Å². The van der Waals surface area contributed by atoms with Crippen molar-refractivity contribution < 1.29 is 22.3 Å². The summed E-state index contributed by atoms with van der Waals surface area (Å²) in [4.78, 5) is 0. The van der Waals surface area contributed by atoms with Crippen LogP contribution in [0, 0.1) is 23.2 Å². The summed E-state index contributed by atoms with van der Waals surface area (Å²) in [5.41, 5.74) is 3.34. The zero-order chi connectivity index (χ0) is 24.4. The minimum absolute atomic E-state index is 0.330. The average molecular weight is 481 g/mol. The third kappa shape index (κ3) is 7.03. The van der Waals surface area contributed by atoms with Gasteiger partial charge >= 0.3 is 10.4 Å². The Labute approximate surface area is 201 Å². The molecule has 0 spiro atoms. The van der Waals surface area contributed by atoms with E-state index in [1.807, 2.05) is 13.8 Å². The van der Waals surface area contributed by atoms with Crippen LogP contribution < -0.4 is 0 Å². The van der Waals surface area contributed by atoms with Crippen molar-refractivity contribution >= 4 is 10.4 Å². The van der Waals surface area contributed by atoms with Crippen molar-refractivity contribution in [2.75, 3.05) is 0 Å². The molecule has 0 aromatic rings. The molecule has 33 heavy (non-hydrogen) atoms. The molecule has 3 aliphatic carbocycles. The second-order valence-corrected chi connectivity index (χ2v) is 12.8. The first kappa shape index (κ1) is 26.7. The monoisotopic (exact) mass is 480 g/mol. The summed E-state index contributed by atoms with van der Waals surface area (Å²) in [6.07, 6.45) is 14.8. The molecule has 3 rings (SSSR count). The first-order valence-electron chi connectivity index (χ1n) is 12.7. The van der Waals surface area contributed by atoms with Gasteiger partial charge in [0, 0.05) is 6.42 Å². The van der Waals surface area contributed by atoms with Gasteiger partial charge in [-0.3, -0.25) is 4.55 Å². The van der Waals surface area contributed by atoms with Gasteiger partial charge < -0.3 is 5.11 Å². The summed E-state index contributed by atoms with van der Waals surface area (Å²) in [5.74, 6) is 1.99. The Hall–Kier alpha value is -0.950. The Balaban J connectivity index is 1.69. The minimum Gasteiger partial charge on any atom is -0.390 e. The zero-order valence-electron chi connectivity index (χ0n) is 21.0. The number of allylic oxidation sites excluding steroid dienone is 4. The van der Waals surface area contributed by atoms with Gasteiger partial charge in [0.05, 0.1) is 11.7 Å². The van der Waals surface area contributed by atoms with Crippen LogP contribution in [0.5, 0.6) is 0 Å². The maximum atomic E-state index is 11.1. The molecule has 6 heteroatoms. The maximum absolute atomic E-state index is 11.1. The standard InChI is InChI=1S/C27H44O5S/c1-19-10-13-23(32-33(29,30)31)18-22(19)12-11-21-9-7-17-27(5)24(14-15-25(21)27)20(2)8-6-16-26(3,4)28/h11-12,20,23-25,28H,1,6-10,13-18H2,2-5H3,(H,29,30,31)/b21-11-,22-12+/t20-,23+,24-,25+,27-/m1/s1. The van der Waals surface area contributed by atoms with Gasteiger partial charge in [0.1, 0.15) is 0 Å². The van der Waals surface area contributed by atoms with Gasteiger partial charge in [-0.15, -0.1) is 0 Å². The van der Waals surface area contributed by atoms with Crippen LogP contribution in [0.4, 0.5) is 0 Å². The van der Waals surface area contributed by atoms with Crippen LogP contribution in [-0.2, 0) is 14.6 Å². The number of hydrogen-bond acceptors (Lipinski definition) is 4. The second kappa shape index (κ2) is 10.3. The van der Waals surface area contributed by atoms with Crippen molar-refractivity contribution in [3.63, 3.8) is 0 Å². The molecule has 3 saturated carbocycles. The highest BCUT2D eigenvalue weighted by Gasteiger charge is 2.50. The highest BCUT2D eigenvalue weighted by Crippen LogP contribution is 2.60. The molecular formula is C27H44O5S. The molecule has 3 aliphatic rings. The van der Waals surface area contributed by atoms with Crippen molar-refractivity contribution in [1.82, 2.24) is 0 Å². The molecule has 0 saturated heterocycles. The molecule has 0 amide bonds. The Kier molecular flexibility index (Phi) is 8.36. The minimum atomic E-state index is -4.44. The van der Waals surface area contributed by atoms with E-state index in [1.54, 1.807) is 0 Å². The highest BCUT2D eigenvalue weighted by molar-refractivity contribution is 7.80. The van der Waals surface area contributed by atoms with E-state index in [2.05, 4.69) is 32.6 Å². The third-order valence-electron chi connectivity index (χ3n) is 8.60. The molecule has 2 N–H and O–H groups in total. The number of hydrogen-bond donors (Lipinski definition) is 2. The summed E-state index contributed by atoms with van der Waals surface area (Å²) in [6.45, 7) is 12.9. The maximum Gasteiger partial charge on any atom is 0.397 e. The summed E-state index contributed by atoms with van der Waals surface area (Å²) in [6, 6.07) is 0. The lowest BCUT2D eigenvalue weighted by atomic mass is 9.60. The van der Waals surface area contributed by atoms with Crippen LogP contribution in [0.1, 0.15) is 98.3 Å². The molecule has 0 aromatic heterocycles. The van der Waals surface area contributed by atoms with Crippen molar-refractivity contribution in [1.29, 1.82) is 0 Å². The van der Waals surface area contributed by atoms with Gasteiger partial charge in [-0.2, -0.15) is 8.42 Å². The second-order valence-electron chi connectivity index (χ2n) is 11.7. The molecular weight excluding hydrogens is 436 g/mol. The van der Waals surface area contributed by atoms with Crippen LogP contribution in [0.25, 0.3) is 0 Å². The van der Waals surface area contributed by atoms with Crippen LogP contribution in [0.2, 0.25) is 0 Å². The van der Waals surface area contributed by atoms with E-state index in [4.69, 9.17) is 8.74 Å². The third-order valence-corrected chi connectivity index (χ3v) is 9.11. The summed E-state index contributed by atoms with van der Waals surface area (Å²) in [7, 11) is -4.44. The fourth-order valence-electron chi connectivity index (χ4n) is 6.91. The van der Waals surface area contributed by atoms with Crippen molar-refractivity contribution in [3.8, 4) is 0 Å². The van der Waals surface area contributed by atoms with Gasteiger partial charge in [-0.05, 0) is 94.0 Å². The van der Waals surface area contributed by atoms with Gasteiger partial charge in [0.2, 0.25) is 0 Å². The first-order chi connectivity index (χ1) is 15.3. The molecule has 0 bridgehead atoms. The van der Waals surface area contributed by atoms with Gasteiger partial charge in [0.15, 0.2) is 0 Å². The summed E-state index contributed by atoms with van der Waals surface area (Å²) < 4.78 is 36.1. The van der Waals surface area contributed by atoms with Gasteiger partial charge in [-0.25, -0.2) is 4.18 Å². The first-order valence-corrected chi connectivity index (χ1v) is 14.1. The van der Waals surface area contributed by atoms with Crippen molar-refractivity contribution in [2.45, 2.75) is 110 Å². The number of rotatable bonds is 8. The molecule has 0 radical (unpaired) electrons. The molecule has 0 aromatic carbocycles. The lowest BCUT2D eigenvalue weighted by molar-refractivity contribution is 0.0596. The molecule has 188 valence electrons. The molecule has 0 heterocycles.